The van der Waals surface area contributed by atoms with Crippen LogP contribution in [-0.4, -0.2) is 51.1 Å². The standard InChI is InChI=1S/C15H20O6/c1-8(16)9-7-12-11(14-20-4-5-21-14)6-10(9)13(17)15(12,18-2)19-3/h6,9-10,12,14H,4-5,7H2,1-3H3/t9-,10-,12+/m1/s1. The highest BCUT2D eigenvalue weighted by Crippen LogP contribution is 2.51. The van der Waals surface area contributed by atoms with E-state index in [2.05, 4.69) is 0 Å². The Kier molecular flexibility index (Phi) is 3.73. The number of fused-ring (bicyclic) bond motifs is 2. The van der Waals surface area contributed by atoms with Crippen molar-refractivity contribution in [1.29, 1.82) is 0 Å². The predicted molar refractivity (Wildman–Crippen MR) is 71.3 cm³/mol. The third-order valence-corrected chi connectivity index (χ3v) is 4.83. The lowest BCUT2D eigenvalue weighted by molar-refractivity contribution is -0.245. The van der Waals surface area contributed by atoms with Crippen LogP contribution in [-0.2, 0) is 28.5 Å². The lowest BCUT2D eigenvalue weighted by Crippen LogP contribution is -2.62. The molecule has 3 atom stereocenters. The Morgan fingerprint density at radius 2 is 1.90 bits per heavy atom. The van der Waals surface area contributed by atoms with E-state index in [0.717, 1.165) is 5.57 Å². The molecule has 1 saturated heterocycles. The number of carbonyl (C=O) groups excluding carboxylic acids is 2. The van der Waals surface area contributed by atoms with Crippen LogP contribution >= 0.6 is 0 Å². The Balaban J connectivity index is 2.04. The first-order valence-electron chi connectivity index (χ1n) is 7.15. The third kappa shape index (κ3) is 2.01. The van der Waals surface area contributed by atoms with E-state index in [1.54, 1.807) is 0 Å². The number of Topliss-reactive ketones (excluding diaryl/α,β-unsaturated/α-hetero) is 2. The molecule has 6 heteroatoms. The summed E-state index contributed by atoms with van der Waals surface area (Å²) in [6.07, 6.45) is 1.88. The highest BCUT2D eigenvalue weighted by Gasteiger charge is 2.61. The molecule has 2 bridgehead atoms. The van der Waals surface area contributed by atoms with E-state index in [1.165, 1.54) is 21.1 Å². The van der Waals surface area contributed by atoms with Crippen molar-refractivity contribution < 1.29 is 28.5 Å². The Morgan fingerprint density at radius 1 is 1.29 bits per heavy atom. The van der Waals surface area contributed by atoms with E-state index in [-0.39, 0.29) is 23.4 Å². The van der Waals surface area contributed by atoms with E-state index < -0.39 is 18.0 Å². The molecule has 0 spiro atoms. The van der Waals surface area contributed by atoms with E-state index in [9.17, 15) is 9.59 Å². The first-order valence-corrected chi connectivity index (χ1v) is 7.15. The van der Waals surface area contributed by atoms with Gasteiger partial charge in [0, 0.05) is 26.1 Å². The van der Waals surface area contributed by atoms with Crippen LogP contribution in [0.25, 0.3) is 0 Å². The molecule has 4 rings (SSSR count). The summed E-state index contributed by atoms with van der Waals surface area (Å²) in [5.74, 6) is -2.72. The van der Waals surface area contributed by atoms with Crippen LogP contribution in [0.5, 0.6) is 0 Å². The summed E-state index contributed by atoms with van der Waals surface area (Å²) in [5.41, 5.74) is 0.860. The molecule has 0 N–H and O–H groups in total. The summed E-state index contributed by atoms with van der Waals surface area (Å²) < 4.78 is 22.0. The van der Waals surface area contributed by atoms with Crippen LogP contribution in [0.15, 0.2) is 11.6 Å². The zero-order chi connectivity index (χ0) is 15.2. The van der Waals surface area contributed by atoms with Crippen LogP contribution < -0.4 is 0 Å². The van der Waals surface area contributed by atoms with Crippen LogP contribution in [0.1, 0.15) is 13.3 Å². The maximum Gasteiger partial charge on any atom is 0.236 e. The highest BCUT2D eigenvalue weighted by atomic mass is 16.7. The van der Waals surface area contributed by atoms with E-state index >= 15 is 0 Å². The quantitative estimate of drug-likeness (QED) is 0.562. The number of carbonyl (C=O) groups is 2. The minimum Gasteiger partial charge on any atom is -0.347 e. The van der Waals surface area contributed by atoms with Crippen LogP contribution in [0, 0.1) is 17.8 Å². The number of methoxy groups -OCH3 is 2. The third-order valence-electron chi connectivity index (χ3n) is 4.83. The van der Waals surface area contributed by atoms with Gasteiger partial charge in [0.15, 0.2) is 12.1 Å². The molecule has 1 saturated carbocycles. The van der Waals surface area contributed by atoms with Gasteiger partial charge in [0.2, 0.25) is 5.79 Å². The van der Waals surface area contributed by atoms with Crippen molar-refractivity contribution in [2.75, 3.05) is 27.4 Å². The molecule has 1 aliphatic heterocycles. The average molecular weight is 296 g/mol. The van der Waals surface area contributed by atoms with Gasteiger partial charge in [-0.1, -0.05) is 6.08 Å². The van der Waals surface area contributed by atoms with E-state index in [4.69, 9.17) is 18.9 Å². The number of rotatable bonds is 4. The predicted octanol–water partition coefficient (Wildman–Crippen LogP) is 0.699. The normalized spacial score (nSPS) is 35.1. The fraction of sp³-hybridized carbons (Fsp3) is 0.733. The largest absolute Gasteiger partial charge is 0.347 e. The van der Waals surface area contributed by atoms with Gasteiger partial charge >= 0.3 is 0 Å². The topological polar surface area (TPSA) is 71.1 Å². The van der Waals surface area contributed by atoms with Crippen molar-refractivity contribution in [3.8, 4) is 0 Å². The van der Waals surface area contributed by atoms with Crippen molar-refractivity contribution in [2.45, 2.75) is 25.4 Å². The van der Waals surface area contributed by atoms with Gasteiger partial charge < -0.3 is 18.9 Å². The summed E-state index contributed by atoms with van der Waals surface area (Å²) in [7, 11) is 2.91. The fourth-order valence-corrected chi connectivity index (χ4v) is 3.79. The SMILES string of the molecule is COC1(OC)C(=O)[C@@H]2C=C(C3OCCO3)[C@@H]1C[C@@H]2C(C)=O. The Bertz CT molecular complexity index is 486. The lowest BCUT2D eigenvalue weighted by atomic mass is 9.60. The van der Waals surface area contributed by atoms with Crippen LogP contribution in [0.4, 0.5) is 0 Å². The molecule has 4 aliphatic rings. The first kappa shape index (κ1) is 14.8. The number of ketones is 2. The van der Waals surface area contributed by atoms with Gasteiger partial charge in [-0.15, -0.1) is 0 Å². The fourth-order valence-electron chi connectivity index (χ4n) is 3.79. The second-order valence-corrected chi connectivity index (χ2v) is 5.71. The Morgan fingerprint density at radius 3 is 2.43 bits per heavy atom. The number of allylic oxidation sites excluding steroid dienone is 1. The van der Waals surface area contributed by atoms with Crippen molar-refractivity contribution in [3.05, 3.63) is 11.6 Å². The molecule has 116 valence electrons. The summed E-state index contributed by atoms with van der Waals surface area (Å²) in [6.45, 7) is 2.57. The molecule has 21 heavy (non-hydrogen) atoms. The maximum absolute atomic E-state index is 12.7. The van der Waals surface area contributed by atoms with Gasteiger partial charge in [-0.25, -0.2) is 0 Å². The molecule has 0 aromatic carbocycles. The van der Waals surface area contributed by atoms with Gasteiger partial charge in [0.05, 0.1) is 19.1 Å². The zero-order valence-electron chi connectivity index (χ0n) is 12.5. The first-order chi connectivity index (χ1) is 10.0. The molecule has 0 radical (unpaired) electrons. The molecular weight excluding hydrogens is 276 g/mol. The van der Waals surface area contributed by atoms with Gasteiger partial charge in [0.1, 0.15) is 5.78 Å². The van der Waals surface area contributed by atoms with Gasteiger partial charge in [-0.05, 0) is 18.9 Å². The highest BCUT2D eigenvalue weighted by molar-refractivity contribution is 5.97. The molecule has 0 aromatic heterocycles. The van der Waals surface area contributed by atoms with Crippen LogP contribution in [0.2, 0.25) is 0 Å². The smallest absolute Gasteiger partial charge is 0.236 e. The van der Waals surface area contributed by atoms with Gasteiger partial charge in [0.25, 0.3) is 0 Å². The Labute approximate surface area is 123 Å². The maximum atomic E-state index is 12.7. The minimum atomic E-state index is -1.34. The molecule has 0 amide bonds. The number of ether oxygens (including phenoxy) is 4. The average Bonchev–Trinajstić information content (AvgIpc) is 3.02. The summed E-state index contributed by atoms with van der Waals surface area (Å²) in [4.78, 5) is 24.5. The van der Waals surface area contributed by atoms with Crippen LogP contribution in [0.3, 0.4) is 0 Å². The Hall–Kier alpha value is -1.08. The molecule has 1 heterocycles. The zero-order valence-corrected chi connectivity index (χ0v) is 12.5. The summed E-state index contributed by atoms with van der Waals surface area (Å²) in [5, 5.41) is 0. The lowest BCUT2D eigenvalue weighted by Gasteiger charge is -2.50. The van der Waals surface area contributed by atoms with Crippen molar-refractivity contribution in [3.63, 3.8) is 0 Å². The number of hydrogen-bond acceptors (Lipinski definition) is 6. The van der Waals surface area contributed by atoms with Crippen molar-refractivity contribution >= 4 is 11.6 Å². The van der Waals surface area contributed by atoms with Gasteiger partial charge in [-0.2, -0.15) is 0 Å². The van der Waals surface area contributed by atoms with E-state index in [0.29, 0.717) is 19.6 Å². The summed E-state index contributed by atoms with van der Waals surface area (Å²) in [6, 6.07) is 0. The minimum absolute atomic E-state index is 0.0164. The molecule has 0 aromatic rings. The van der Waals surface area contributed by atoms with E-state index in [1.807, 2.05) is 6.08 Å². The second-order valence-electron chi connectivity index (χ2n) is 5.71. The molecule has 6 nitrogen and oxygen atoms in total. The van der Waals surface area contributed by atoms with Gasteiger partial charge in [-0.3, -0.25) is 9.59 Å². The molecule has 3 aliphatic carbocycles. The van der Waals surface area contributed by atoms with Crippen molar-refractivity contribution in [2.24, 2.45) is 17.8 Å². The van der Waals surface area contributed by atoms with Crippen molar-refractivity contribution in [1.82, 2.24) is 0 Å². The number of hydrogen-bond donors (Lipinski definition) is 0. The molecular formula is C15H20O6. The molecule has 2 fully saturated rings. The second kappa shape index (κ2) is 5.28. The summed E-state index contributed by atoms with van der Waals surface area (Å²) >= 11 is 0. The molecule has 0 unspecified atom stereocenters. The monoisotopic (exact) mass is 296 g/mol.